The summed E-state index contributed by atoms with van der Waals surface area (Å²) in [7, 11) is 0. The molecule has 1 amide bonds. The lowest BCUT2D eigenvalue weighted by atomic mass is 9.82. The van der Waals surface area contributed by atoms with E-state index >= 15 is 0 Å². The predicted molar refractivity (Wildman–Crippen MR) is 138 cm³/mol. The third-order valence-corrected chi connectivity index (χ3v) is 7.45. The molecule has 2 aliphatic heterocycles. The van der Waals surface area contributed by atoms with Crippen LogP contribution in [0.3, 0.4) is 0 Å². The van der Waals surface area contributed by atoms with E-state index in [2.05, 4.69) is 16.0 Å². The van der Waals surface area contributed by atoms with Crippen LogP contribution in [0.1, 0.15) is 28.0 Å². The minimum atomic E-state index is -0.304. The summed E-state index contributed by atoms with van der Waals surface area (Å²) in [6.45, 7) is 6.13. The zero-order chi connectivity index (χ0) is 24.8. The predicted octanol–water partition coefficient (Wildman–Crippen LogP) is 6.12. The first-order valence-corrected chi connectivity index (χ1v) is 12.4. The van der Waals surface area contributed by atoms with Gasteiger partial charge in [-0.3, -0.25) is 4.79 Å². The molecule has 2 atom stereocenters. The van der Waals surface area contributed by atoms with Gasteiger partial charge in [-0.05, 0) is 49.6 Å². The number of hydrogen-bond acceptors (Lipinski definition) is 4. The molecule has 36 heavy (non-hydrogen) atoms. The van der Waals surface area contributed by atoms with Crippen molar-refractivity contribution < 1.29 is 13.6 Å². The van der Waals surface area contributed by atoms with Crippen molar-refractivity contribution in [1.29, 1.82) is 0 Å². The van der Waals surface area contributed by atoms with Crippen LogP contribution < -0.4 is 4.90 Å². The third kappa shape index (κ3) is 3.96. The lowest BCUT2D eigenvalue weighted by Crippen LogP contribution is -2.65. The second-order valence-electron chi connectivity index (χ2n) is 9.86. The van der Waals surface area contributed by atoms with E-state index in [0.717, 1.165) is 47.5 Å². The molecule has 2 aliphatic rings. The Morgan fingerprint density at radius 1 is 0.972 bits per heavy atom. The fourth-order valence-corrected chi connectivity index (χ4v) is 5.48. The van der Waals surface area contributed by atoms with Crippen molar-refractivity contribution in [2.24, 2.45) is 5.92 Å². The van der Waals surface area contributed by atoms with E-state index in [0.29, 0.717) is 29.8 Å². The van der Waals surface area contributed by atoms with Crippen molar-refractivity contribution in [2.75, 3.05) is 24.5 Å². The minimum Gasteiger partial charge on any atom is -0.423 e. The molecule has 0 unspecified atom stereocenters. The summed E-state index contributed by atoms with van der Waals surface area (Å²) in [5.41, 5.74) is 5.22. The van der Waals surface area contributed by atoms with Crippen molar-refractivity contribution in [1.82, 2.24) is 9.88 Å². The van der Waals surface area contributed by atoms with Crippen LogP contribution in [0.2, 0.25) is 0 Å². The van der Waals surface area contributed by atoms with Crippen LogP contribution in [0.4, 0.5) is 10.4 Å². The van der Waals surface area contributed by atoms with Crippen molar-refractivity contribution in [2.45, 2.75) is 26.3 Å². The molecular weight excluding hydrogens is 453 g/mol. The lowest BCUT2D eigenvalue weighted by molar-refractivity contribution is 0.0584. The van der Waals surface area contributed by atoms with Crippen LogP contribution in [0.15, 0.2) is 77.2 Å². The number of carbonyl (C=O) groups excluding carboxylic acids is 1. The second kappa shape index (κ2) is 8.94. The molecule has 0 N–H and O–H groups in total. The van der Waals surface area contributed by atoms with E-state index in [-0.39, 0.29) is 17.8 Å². The van der Waals surface area contributed by atoms with Crippen LogP contribution in [0, 0.1) is 25.6 Å². The fraction of sp³-hybridized carbons (Fsp3) is 0.267. The molecule has 182 valence electrons. The number of likely N-dealkylation sites (tertiary alicyclic amines) is 1. The molecule has 1 aromatic heterocycles. The van der Waals surface area contributed by atoms with Crippen molar-refractivity contribution >= 4 is 11.9 Å². The molecule has 6 heteroatoms. The number of amides is 1. The number of carbonyl (C=O) groups is 1. The zero-order valence-electron chi connectivity index (χ0n) is 20.4. The highest BCUT2D eigenvalue weighted by Crippen LogP contribution is 2.39. The Hall–Kier alpha value is -3.93. The molecule has 0 bridgehead atoms. The Labute approximate surface area is 210 Å². The van der Waals surface area contributed by atoms with Crippen LogP contribution in [-0.2, 0) is 0 Å². The molecule has 3 aromatic carbocycles. The summed E-state index contributed by atoms with van der Waals surface area (Å²) in [4.78, 5) is 22.5. The van der Waals surface area contributed by atoms with Gasteiger partial charge in [0.25, 0.3) is 11.9 Å². The summed E-state index contributed by atoms with van der Waals surface area (Å²) in [5.74, 6) is 0.849. The lowest BCUT2D eigenvalue weighted by Gasteiger charge is -2.52. The number of fused-ring (bicyclic) bond motifs is 1. The summed E-state index contributed by atoms with van der Waals surface area (Å²) >= 11 is 0. The number of aryl methyl sites for hydroxylation is 2. The number of aromatic nitrogens is 1. The Morgan fingerprint density at radius 3 is 2.58 bits per heavy atom. The number of rotatable bonds is 4. The van der Waals surface area contributed by atoms with Gasteiger partial charge in [0.15, 0.2) is 5.76 Å². The highest BCUT2D eigenvalue weighted by atomic mass is 19.1. The van der Waals surface area contributed by atoms with E-state index in [1.54, 1.807) is 6.07 Å². The molecule has 3 heterocycles. The minimum absolute atomic E-state index is 0.0619. The standard InChI is InChI=1S/C30H28FN3O2/c1-19-11-12-25(21-7-4-3-5-8-21)26(15-19)29(35)33-14-13-23-17-34(27(23)18-33)30-32-20(2)28(36-30)22-9-6-10-24(31)16-22/h3-12,15-16,23,27H,13-14,17-18H2,1-2H3/t23-,27-/m0/s1. The molecule has 0 saturated carbocycles. The number of oxazole rings is 1. The maximum atomic E-state index is 13.8. The average molecular weight is 482 g/mol. The number of halogens is 1. The molecule has 5 nitrogen and oxygen atoms in total. The maximum Gasteiger partial charge on any atom is 0.298 e. The maximum absolute atomic E-state index is 13.8. The topological polar surface area (TPSA) is 49.6 Å². The van der Waals surface area contributed by atoms with E-state index < -0.39 is 0 Å². The summed E-state index contributed by atoms with van der Waals surface area (Å²) in [6, 6.07) is 23.2. The van der Waals surface area contributed by atoms with Gasteiger partial charge in [0.1, 0.15) is 5.82 Å². The van der Waals surface area contributed by atoms with Crippen molar-refractivity contribution in [3.8, 4) is 22.5 Å². The van der Waals surface area contributed by atoms with Gasteiger partial charge in [-0.15, -0.1) is 0 Å². The summed E-state index contributed by atoms with van der Waals surface area (Å²) in [5, 5.41) is 0. The number of nitrogens with zero attached hydrogens (tertiary/aromatic N) is 3. The van der Waals surface area contributed by atoms with E-state index in [9.17, 15) is 9.18 Å². The molecule has 2 saturated heterocycles. The van der Waals surface area contributed by atoms with E-state index in [1.807, 2.05) is 67.3 Å². The number of benzene rings is 3. The second-order valence-corrected chi connectivity index (χ2v) is 9.86. The fourth-order valence-electron chi connectivity index (χ4n) is 5.48. The number of hydrogen-bond donors (Lipinski definition) is 0. The van der Waals surface area contributed by atoms with Crippen LogP contribution >= 0.6 is 0 Å². The Morgan fingerprint density at radius 2 is 1.78 bits per heavy atom. The van der Waals surface area contributed by atoms with Gasteiger partial charge in [0, 0.05) is 36.7 Å². The van der Waals surface area contributed by atoms with Crippen LogP contribution in [-0.4, -0.2) is 41.5 Å². The van der Waals surface area contributed by atoms with Gasteiger partial charge in [0.05, 0.1) is 11.7 Å². The summed E-state index contributed by atoms with van der Waals surface area (Å²) in [6.07, 6.45) is 0.954. The first kappa shape index (κ1) is 22.5. The molecular formula is C30H28FN3O2. The Bertz CT molecular complexity index is 1430. The van der Waals surface area contributed by atoms with Gasteiger partial charge in [-0.2, -0.15) is 4.98 Å². The molecule has 0 spiro atoms. The van der Waals surface area contributed by atoms with Crippen LogP contribution in [0.25, 0.3) is 22.5 Å². The van der Waals surface area contributed by atoms with Gasteiger partial charge in [0.2, 0.25) is 0 Å². The smallest absolute Gasteiger partial charge is 0.298 e. The van der Waals surface area contributed by atoms with E-state index in [1.165, 1.54) is 12.1 Å². The summed E-state index contributed by atoms with van der Waals surface area (Å²) < 4.78 is 19.9. The SMILES string of the molecule is Cc1ccc(-c2ccccc2)c(C(=O)N2CC[C@H]3CN(c4nc(C)c(-c5cccc(F)c5)o4)[C@H]3C2)c1. The normalized spacial score (nSPS) is 19.1. The van der Waals surface area contributed by atoms with Gasteiger partial charge in [-0.25, -0.2) is 4.39 Å². The largest absolute Gasteiger partial charge is 0.423 e. The number of anilines is 1. The van der Waals surface area contributed by atoms with Crippen molar-refractivity contribution in [3.05, 3.63) is 95.4 Å². The Balaban J connectivity index is 1.24. The molecule has 6 rings (SSSR count). The Kier molecular flexibility index (Phi) is 5.59. The first-order chi connectivity index (χ1) is 17.5. The molecule has 4 aromatic rings. The molecule has 2 fully saturated rings. The van der Waals surface area contributed by atoms with Crippen LogP contribution in [0.5, 0.6) is 0 Å². The van der Waals surface area contributed by atoms with E-state index in [4.69, 9.17) is 4.42 Å². The monoisotopic (exact) mass is 481 g/mol. The quantitative estimate of drug-likeness (QED) is 0.353. The van der Waals surface area contributed by atoms with Gasteiger partial charge in [-0.1, -0.05) is 60.2 Å². The zero-order valence-corrected chi connectivity index (χ0v) is 20.4. The van der Waals surface area contributed by atoms with Gasteiger partial charge < -0.3 is 14.2 Å². The molecule has 0 aliphatic carbocycles. The first-order valence-electron chi connectivity index (χ1n) is 12.4. The third-order valence-electron chi connectivity index (χ3n) is 7.45. The number of piperidine rings is 1. The molecule has 0 radical (unpaired) electrons. The van der Waals surface area contributed by atoms with Crippen molar-refractivity contribution in [3.63, 3.8) is 0 Å². The average Bonchev–Trinajstić information content (AvgIpc) is 3.25. The highest BCUT2D eigenvalue weighted by molar-refractivity contribution is 6.01. The van der Waals surface area contributed by atoms with Gasteiger partial charge >= 0.3 is 0 Å². The highest BCUT2D eigenvalue weighted by Gasteiger charge is 2.46.